The predicted octanol–water partition coefficient (Wildman–Crippen LogP) is 2.19. The summed E-state index contributed by atoms with van der Waals surface area (Å²) in [5.74, 6) is 0.107. The number of hydrogen-bond donors (Lipinski definition) is 2. The van der Waals surface area contributed by atoms with Gasteiger partial charge in [0.2, 0.25) is 0 Å². The molecule has 0 spiro atoms. The van der Waals surface area contributed by atoms with Crippen molar-refractivity contribution in [3.63, 3.8) is 0 Å². The summed E-state index contributed by atoms with van der Waals surface area (Å²) in [6.07, 6.45) is 4.21. The standard InChI is InChI=1S/C12H17ClN2O2/c1-14-8-2-4-9(5-3-8)15-12(16)10-6-7-11(13)17-10/h6-9,14H,2-5H2,1H3,(H,15,16). The number of hydrogen-bond acceptors (Lipinski definition) is 3. The van der Waals surface area contributed by atoms with E-state index in [-0.39, 0.29) is 22.9 Å². The van der Waals surface area contributed by atoms with Crippen LogP contribution < -0.4 is 10.6 Å². The molecule has 0 saturated heterocycles. The van der Waals surface area contributed by atoms with Crippen LogP contribution in [0, 0.1) is 0 Å². The van der Waals surface area contributed by atoms with Gasteiger partial charge in [-0.05, 0) is 56.5 Å². The third-order valence-electron chi connectivity index (χ3n) is 3.27. The molecule has 0 bridgehead atoms. The van der Waals surface area contributed by atoms with Crippen LogP contribution in [0.15, 0.2) is 16.5 Å². The number of halogens is 1. The lowest BCUT2D eigenvalue weighted by atomic mass is 9.91. The summed E-state index contributed by atoms with van der Waals surface area (Å²) >= 11 is 5.63. The highest BCUT2D eigenvalue weighted by molar-refractivity contribution is 6.29. The van der Waals surface area contributed by atoms with Crippen molar-refractivity contribution in [1.29, 1.82) is 0 Å². The molecule has 0 atom stereocenters. The fraction of sp³-hybridized carbons (Fsp3) is 0.583. The van der Waals surface area contributed by atoms with Gasteiger partial charge in [-0.1, -0.05) is 0 Å². The lowest BCUT2D eigenvalue weighted by Gasteiger charge is -2.28. The summed E-state index contributed by atoms with van der Waals surface area (Å²) in [6, 6.07) is 4.00. The maximum atomic E-state index is 11.8. The summed E-state index contributed by atoms with van der Waals surface area (Å²) in [7, 11) is 1.98. The molecule has 1 aliphatic carbocycles. The van der Waals surface area contributed by atoms with Crippen LogP contribution in [0.25, 0.3) is 0 Å². The van der Waals surface area contributed by atoms with Crippen molar-refractivity contribution in [2.45, 2.75) is 37.8 Å². The van der Waals surface area contributed by atoms with E-state index >= 15 is 0 Å². The van der Waals surface area contributed by atoms with Gasteiger partial charge in [0.05, 0.1) is 0 Å². The zero-order valence-electron chi connectivity index (χ0n) is 9.83. The molecule has 4 nitrogen and oxygen atoms in total. The monoisotopic (exact) mass is 256 g/mol. The Bertz CT molecular complexity index is 384. The van der Waals surface area contributed by atoms with Crippen LogP contribution in [0.2, 0.25) is 5.22 Å². The fourth-order valence-electron chi connectivity index (χ4n) is 2.22. The third-order valence-corrected chi connectivity index (χ3v) is 3.47. The molecule has 2 N–H and O–H groups in total. The highest BCUT2D eigenvalue weighted by Crippen LogP contribution is 2.19. The van der Waals surface area contributed by atoms with Gasteiger partial charge in [0.1, 0.15) is 0 Å². The third kappa shape index (κ3) is 3.23. The maximum Gasteiger partial charge on any atom is 0.287 e. The molecule has 17 heavy (non-hydrogen) atoms. The number of rotatable bonds is 3. The molecule has 1 fully saturated rings. The largest absolute Gasteiger partial charge is 0.440 e. The van der Waals surface area contributed by atoms with Gasteiger partial charge in [-0.15, -0.1) is 0 Å². The van der Waals surface area contributed by atoms with E-state index in [1.165, 1.54) is 0 Å². The summed E-state index contributed by atoms with van der Waals surface area (Å²) in [5, 5.41) is 6.48. The normalized spacial score (nSPS) is 24.6. The van der Waals surface area contributed by atoms with Crippen LogP contribution in [-0.4, -0.2) is 25.0 Å². The van der Waals surface area contributed by atoms with Crippen molar-refractivity contribution in [3.8, 4) is 0 Å². The first-order chi connectivity index (χ1) is 8.19. The van der Waals surface area contributed by atoms with Crippen molar-refractivity contribution < 1.29 is 9.21 Å². The molecule has 1 saturated carbocycles. The minimum absolute atomic E-state index is 0.176. The molecule has 0 radical (unpaired) electrons. The minimum Gasteiger partial charge on any atom is -0.440 e. The van der Waals surface area contributed by atoms with E-state index in [0.29, 0.717) is 6.04 Å². The van der Waals surface area contributed by atoms with E-state index in [1.54, 1.807) is 12.1 Å². The van der Waals surface area contributed by atoms with Crippen LogP contribution in [0.4, 0.5) is 0 Å². The summed E-state index contributed by atoms with van der Waals surface area (Å²) in [5.41, 5.74) is 0. The van der Waals surface area contributed by atoms with Crippen LogP contribution >= 0.6 is 11.6 Å². The van der Waals surface area contributed by atoms with E-state index in [9.17, 15) is 4.79 Å². The van der Waals surface area contributed by atoms with Gasteiger partial charge in [0.15, 0.2) is 11.0 Å². The van der Waals surface area contributed by atoms with Crippen molar-refractivity contribution >= 4 is 17.5 Å². The van der Waals surface area contributed by atoms with Crippen LogP contribution in [0.1, 0.15) is 36.2 Å². The second-order valence-electron chi connectivity index (χ2n) is 4.41. The minimum atomic E-state index is -0.176. The molecule has 1 heterocycles. The first-order valence-corrected chi connectivity index (χ1v) is 6.30. The summed E-state index contributed by atoms with van der Waals surface area (Å²) in [4.78, 5) is 11.8. The smallest absolute Gasteiger partial charge is 0.287 e. The topological polar surface area (TPSA) is 54.3 Å². The Labute approximate surface area is 106 Å². The number of furan rings is 1. The Balaban J connectivity index is 1.84. The Morgan fingerprint density at radius 3 is 2.47 bits per heavy atom. The average molecular weight is 257 g/mol. The Morgan fingerprint density at radius 1 is 1.29 bits per heavy atom. The van der Waals surface area contributed by atoms with Crippen LogP contribution in [-0.2, 0) is 0 Å². The summed E-state index contributed by atoms with van der Waals surface area (Å²) < 4.78 is 5.07. The molecule has 0 unspecified atom stereocenters. The molecule has 0 aromatic carbocycles. The maximum absolute atomic E-state index is 11.8. The quantitative estimate of drug-likeness (QED) is 0.872. The van der Waals surface area contributed by atoms with Gasteiger partial charge < -0.3 is 15.1 Å². The number of carbonyl (C=O) groups is 1. The predicted molar refractivity (Wildman–Crippen MR) is 66.3 cm³/mol. The Hall–Kier alpha value is -1.00. The van der Waals surface area contributed by atoms with Crippen LogP contribution in [0.5, 0.6) is 0 Å². The van der Waals surface area contributed by atoms with Crippen molar-refractivity contribution in [3.05, 3.63) is 23.1 Å². The van der Waals surface area contributed by atoms with E-state index < -0.39 is 0 Å². The number of amides is 1. The highest BCUT2D eigenvalue weighted by atomic mass is 35.5. The van der Waals surface area contributed by atoms with Gasteiger partial charge >= 0.3 is 0 Å². The molecule has 1 aromatic heterocycles. The Morgan fingerprint density at radius 2 is 1.94 bits per heavy atom. The van der Waals surface area contributed by atoms with E-state index in [0.717, 1.165) is 25.7 Å². The lowest BCUT2D eigenvalue weighted by Crippen LogP contribution is -2.41. The highest BCUT2D eigenvalue weighted by Gasteiger charge is 2.22. The molecular weight excluding hydrogens is 240 g/mol. The Kier molecular flexibility index (Phi) is 4.07. The molecule has 1 amide bonds. The molecule has 5 heteroatoms. The molecule has 94 valence electrons. The molecular formula is C12H17ClN2O2. The van der Waals surface area contributed by atoms with E-state index in [1.807, 2.05) is 7.05 Å². The van der Waals surface area contributed by atoms with Gasteiger partial charge in [-0.2, -0.15) is 0 Å². The second kappa shape index (κ2) is 5.56. The van der Waals surface area contributed by atoms with E-state index in [2.05, 4.69) is 10.6 Å². The SMILES string of the molecule is CNC1CCC(NC(=O)c2ccc(Cl)o2)CC1. The number of nitrogens with one attached hydrogen (secondary N) is 2. The van der Waals surface area contributed by atoms with E-state index in [4.69, 9.17) is 16.0 Å². The fourth-order valence-corrected chi connectivity index (χ4v) is 2.37. The first kappa shape index (κ1) is 12.5. The summed E-state index contributed by atoms with van der Waals surface area (Å²) in [6.45, 7) is 0. The molecule has 2 rings (SSSR count). The van der Waals surface area contributed by atoms with Crippen LogP contribution in [0.3, 0.4) is 0 Å². The number of carbonyl (C=O) groups excluding carboxylic acids is 1. The average Bonchev–Trinajstić information content (AvgIpc) is 2.77. The zero-order valence-corrected chi connectivity index (χ0v) is 10.6. The van der Waals surface area contributed by atoms with Gasteiger partial charge in [0, 0.05) is 12.1 Å². The molecule has 1 aromatic rings. The van der Waals surface area contributed by atoms with Crippen molar-refractivity contribution in [2.75, 3.05) is 7.05 Å². The zero-order chi connectivity index (χ0) is 12.3. The second-order valence-corrected chi connectivity index (χ2v) is 4.79. The van der Waals surface area contributed by atoms with Crippen molar-refractivity contribution in [2.24, 2.45) is 0 Å². The lowest BCUT2D eigenvalue weighted by molar-refractivity contribution is 0.0896. The first-order valence-electron chi connectivity index (χ1n) is 5.92. The van der Waals surface area contributed by atoms with Gasteiger partial charge in [-0.3, -0.25) is 4.79 Å². The van der Waals surface area contributed by atoms with Gasteiger partial charge in [0.25, 0.3) is 5.91 Å². The van der Waals surface area contributed by atoms with Crippen molar-refractivity contribution in [1.82, 2.24) is 10.6 Å². The van der Waals surface area contributed by atoms with Gasteiger partial charge in [-0.25, -0.2) is 0 Å². The molecule has 0 aliphatic heterocycles. The molecule has 1 aliphatic rings.